The molecule has 0 aliphatic heterocycles. The fourth-order valence-electron chi connectivity index (χ4n) is 5.59. The van der Waals surface area contributed by atoms with E-state index < -0.39 is 0 Å². The summed E-state index contributed by atoms with van der Waals surface area (Å²) in [6.45, 7) is 18.8. The Hall–Kier alpha value is -0.350. The Morgan fingerprint density at radius 3 is 1.55 bits per heavy atom. The van der Waals surface area contributed by atoms with Crippen LogP contribution in [0.25, 0.3) is 0 Å². The Kier molecular flexibility index (Phi) is 33.7. The first-order valence-corrected chi connectivity index (χ1v) is 20.8. The molecule has 0 aliphatic carbocycles. The van der Waals surface area contributed by atoms with Gasteiger partial charge in [-0.3, -0.25) is 0 Å². The molecular formula is C40H81NO2S. The Labute approximate surface area is 282 Å². The second kappa shape index (κ2) is 34.0. The van der Waals surface area contributed by atoms with E-state index in [1.165, 1.54) is 160 Å². The Balaban J connectivity index is 4.10. The number of unbranched alkanes of at least 4 members (excludes halogenated alkanes) is 22. The van der Waals surface area contributed by atoms with E-state index in [1.807, 2.05) is 0 Å². The van der Waals surface area contributed by atoms with Gasteiger partial charge in [-0.25, -0.2) is 0 Å². The summed E-state index contributed by atoms with van der Waals surface area (Å²) in [7, 11) is 0. The molecular weight excluding hydrogens is 559 g/mol. The molecule has 0 fully saturated rings. The lowest BCUT2D eigenvalue weighted by Crippen LogP contribution is -2.38. The van der Waals surface area contributed by atoms with Crippen molar-refractivity contribution in [1.29, 1.82) is 0 Å². The number of nitrogens with one attached hydrogen (secondary N) is 1. The first-order chi connectivity index (χ1) is 21.5. The Bertz CT molecular complexity index is 552. The molecule has 0 saturated heterocycles. The average molecular weight is 640 g/mol. The van der Waals surface area contributed by atoms with Gasteiger partial charge in [0, 0.05) is 24.3 Å². The van der Waals surface area contributed by atoms with Gasteiger partial charge in [-0.2, -0.15) is 11.8 Å². The highest BCUT2D eigenvalue weighted by Crippen LogP contribution is 2.25. The van der Waals surface area contributed by atoms with Gasteiger partial charge in [0.2, 0.25) is 0 Å². The summed E-state index contributed by atoms with van der Waals surface area (Å²) in [6.07, 6.45) is 34.7. The van der Waals surface area contributed by atoms with Gasteiger partial charge < -0.3 is 14.8 Å². The summed E-state index contributed by atoms with van der Waals surface area (Å²) < 4.78 is 12.2. The fraction of sp³-hybridized carbons (Fsp3) is 0.950. The molecule has 0 saturated carbocycles. The second-order valence-electron chi connectivity index (χ2n) is 14.3. The van der Waals surface area contributed by atoms with Gasteiger partial charge in [0.1, 0.15) is 0 Å². The number of hydrogen-bond donors (Lipinski definition) is 1. The molecule has 4 heteroatoms. The van der Waals surface area contributed by atoms with Crippen molar-refractivity contribution in [3.8, 4) is 0 Å². The van der Waals surface area contributed by atoms with Crippen LogP contribution in [0.4, 0.5) is 0 Å². The summed E-state index contributed by atoms with van der Waals surface area (Å²) in [5, 5.41) is 3.49. The molecule has 0 amide bonds. The lowest BCUT2D eigenvalue weighted by Gasteiger charge is -2.30. The van der Waals surface area contributed by atoms with Crippen molar-refractivity contribution in [3.63, 3.8) is 0 Å². The minimum absolute atomic E-state index is 0.0849. The maximum Gasteiger partial charge on any atom is 0.179 e. The zero-order chi connectivity index (χ0) is 32.4. The molecule has 3 nitrogen and oxygen atoms in total. The number of rotatable bonds is 37. The SMILES string of the molecule is C=C(NCC(C)(COCCCCCCCCCCCCCC)CSCCCCCCCCCCCCCC)OCC(C)CC. The van der Waals surface area contributed by atoms with Gasteiger partial charge in [0.05, 0.1) is 13.2 Å². The normalized spacial score (nSPS) is 13.6. The minimum Gasteiger partial charge on any atom is -0.479 e. The Morgan fingerprint density at radius 1 is 0.659 bits per heavy atom. The summed E-state index contributed by atoms with van der Waals surface area (Å²) in [5.41, 5.74) is 0.0849. The summed E-state index contributed by atoms with van der Waals surface area (Å²) >= 11 is 2.11. The maximum atomic E-state index is 6.28. The topological polar surface area (TPSA) is 30.5 Å². The van der Waals surface area contributed by atoms with Crippen molar-refractivity contribution < 1.29 is 9.47 Å². The summed E-state index contributed by atoms with van der Waals surface area (Å²) in [5.74, 6) is 3.65. The fourth-order valence-corrected chi connectivity index (χ4v) is 6.83. The second-order valence-corrected chi connectivity index (χ2v) is 15.4. The van der Waals surface area contributed by atoms with Crippen molar-refractivity contribution in [3.05, 3.63) is 12.5 Å². The number of ether oxygens (including phenoxy) is 2. The van der Waals surface area contributed by atoms with Gasteiger partial charge in [-0.05, 0) is 31.1 Å². The molecule has 1 N–H and O–H groups in total. The average Bonchev–Trinajstić information content (AvgIpc) is 3.03. The third-order valence-corrected chi connectivity index (χ3v) is 10.6. The molecule has 2 unspecified atom stereocenters. The molecule has 0 aliphatic rings. The van der Waals surface area contributed by atoms with E-state index in [2.05, 4.69) is 58.3 Å². The van der Waals surface area contributed by atoms with Gasteiger partial charge in [-0.1, -0.05) is 182 Å². The van der Waals surface area contributed by atoms with E-state index in [0.717, 1.165) is 38.5 Å². The van der Waals surface area contributed by atoms with Crippen molar-refractivity contribution in [1.82, 2.24) is 5.32 Å². The van der Waals surface area contributed by atoms with Crippen LogP contribution >= 0.6 is 11.8 Å². The molecule has 2 atom stereocenters. The van der Waals surface area contributed by atoms with E-state index in [1.54, 1.807) is 0 Å². The van der Waals surface area contributed by atoms with E-state index in [0.29, 0.717) is 11.8 Å². The van der Waals surface area contributed by atoms with Crippen molar-refractivity contribution in [2.75, 3.05) is 37.9 Å². The van der Waals surface area contributed by atoms with E-state index >= 15 is 0 Å². The zero-order valence-corrected chi connectivity index (χ0v) is 31.7. The maximum absolute atomic E-state index is 6.28. The molecule has 0 aromatic heterocycles. The molecule has 0 radical (unpaired) electrons. The van der Waals surface area contributed by atoms with Gasteiger partial charge in [0.15, 0.2) is 5.88 Å². The van der Waals surface area contributed by atoms with Crippen LogP contribution in [-0.4, -0.2) is 37.9 Å². The predicted molar refractivity (Wildman–Crippen MR) is 201 cm³/mol. The summed E-state index contributed by atoms with van der Waals surface area (Å²) in [6, 6.07) is 0. The molecule has 264 valence electrons. The molecule has 0 spiro atoms. The quantitative estimate of drug-likeness (QED) is 0.0541. The van der Waals surface area contributed by atoms with Crippen LogP contribution in [0.5, 0.6) is 0 Å². The van der Waals surface area contributed by atoms with Gasteiger partial charge in [-0.15, -0.1) is 0 Å². The van der Waals surface area contributed by atoms with Crippen molar-refractivity contribution in [2.45, 2.75) is 195 Å². The third-order valence-electron chi connectivity index (χ3n) is 9.14. The first-order valence-electron chi connectivity index (χ1n) is 19.7. The lowest BCUT2D eigenvalue weighted by atomic mass is 9.94. The molecule has 0 aromatic carbocycles. The van der Waals surface area contributed by atoms with Crippen LogP contribution in [0.1, 0.15) is 195 Å². The standard InChI is InChI=1S/C40H81NO2S/c1-7-10-12-14-16-18-20-22-24-26-28-30-32-42-36-40(6,35-41-39(5)43-34-38(4)9-3)37-44-33-31-29-27-25-23-21-19-17-15-13-11-8-2/h38,41H,5,7-37H2,1-4,6H3. The molecule has 0 heterocycles. The summed E-state index contributed by atoms with van der Waals surface area (Å²) in [4.78, 5) is 0. The van der Waals surface area contributed by atoms with Crippen molar-refractivity contribution in [2.24, 2.45) is 11.3 Å². The zero-order valence-electron chi connectivity index (χ0n) is 30.9. The van der Waals surface area contributed by atoms with E-state index in [4.69, 9.17) is 9.47 Å². The van der Waals surface area contributed by atoms with Crippen LogP contribution in [0.15, 0.2) is 12.5 Å². The smallest absolute Gasteiger partial charge is 0.179 e. The van der Waals surface area contributed by atoms with Gasteiger partial charge in [0.25, 0.3) is 0 Å². The highest BCUT2D eigenvalue weighted by atomic mass is 32.2. The molecule has 0 aromatic rings. The molecule has 44 heavy (non-hydrogen) atoms. The van der Waals surface area contributed by atoms with Crippen molar-refractivity contribution >= 4 is 11.8 Å². The first kappa shape index (κ1) is 43.6. The Morgan fingerprint density at radius 2 is 1.09 bits per heavy atom. The highest BCUT2D eigenvalue weighted by Gasteiger charge is 2.25. The predicted octanol–water partition coefficient (Wildman–Crippen LogP) is 13.3. The lowest BCUT2D eigenvalue weighted by molar-refractivity contribution is 0.0587. The van der Waals surface area contributed by atoms with Crippen LogP contribution in [0.3, 0.4) is 0 Å². The number of thioether (sulfide) groups is 1. The van der Waals surface area contributed by atoms with Crippen LogP contribution in [0.2, 0.25) is 0 Å². The van der Waals surface area contributed by atoms with E-state index in [-0.39, 0.29) is 5.41 Å². The highest BCUT2D eigenvalue weighted by molar-refractivity contribution is 7.99. The molecule has 0 bridgehead atoms. The number of hydrogen-bond acceptors (Lipinski definition) is 4. The third kappa shape index (κ3) is 31.6. The minimum atomic E-state index is 0.0849. The van der Waals surface area contributed by atoms with Crippen LogP contribution < -0.4 is 5.32 Å². The van der Waals surface area contributed by atoms with Crippen LogP contribution in [-0.2, 0) is 9.47 Å². The van der Waals surface area contributed by atoms with E-state index in [9.17, 15) is 0 Å². The van der Waals surface area contributed by atoms with Gasteiger partial charge >= 0.3 is 0 Å². The monoisotopic (exact) mass is 640 g/mol. The van der Waals surface area contributed by atoms with Crippen LogP contribution in [0, 0.1) is 11.3 Å². The molecule has 0 rings (SSSR count). The largest absolute Gasteiger partial charge is 0.479 e.